The molecule has 0 aliphatic rings. The van der Waals surface area contributed by atoms with Crippen LogP contribution in [-0.4, -0.2) is 9.55 Å². The average Bonchev–Trinajstić information content (AvgIpc) is 3.09. The number of nitrogens with zero attached hydrogens (tertiary/aromatic N) is 2. The van der Waals surface area contributed by atoms with Gasteiger partial charge in [0, 0.05) is 33.4 Å². The lowest BCUT2D eigenvalue weighted by molar-refractivity contribution is -0.137. The van der Waals surface area contributed by atoms with Crippen molar-refractivity contribution in [2.24, 2.45) is 0 Å². The Bertz CT molecular complexity index is 1560. The van der Waals surface area contributed by atoms with E-state index in [4.69, 9.17) is 4.42 Å². The molecule has 0 fully saturated rings. The topological polar surface area (TPSA) is 48.0 Å². The third kappa shape index (κ3) is 3.14. The Morgan fingerprint density at radius 1 is 1.06 bits per heavy atom. The lowest BCUT2D eigenvalue weighted by Crippen LogP contribution is -2.11. The van der Waals surface area contributed by atoms with Crippen LogP contribution < -0.4 is 5.63 Å². The summed E-state index contributed by atoms with van der Waals surface area (Å²) in [5.41, 5.74) is 0.118. The first-order valence-electron chi connectivity index (χ1n) is 9.96. The zero-order valence-electron chi connectivity index (χ0n) is 16.8. The van der Waals surface area contributed by atoms with Crippen LogP contribution in [0, 0.1) is 5.82 Å². The van der Waals surface area contributed by atoms with E-state index in [-0.39, 0.29) is 23.3 Å². The number of aryl methyl sites for hydroxylation is 1. The predicted molar refractivity (Wildman–Crippen MR) is 113 cm³/mol. The van der Waals surface area contributed by atoms with E-state index in [0.29, 0.717) is 22.4 Å². The van der Waals surface area contributed by atoms with Crippen molar-refractivity contribution < 1.29 is 22.0 Å². The van der Waals surface area contributed by atoms with Gasteiger partial charge in [-0.2, -0.15) is 13.2 Å². The number of fused-ring (bicyclic) bond motifs is 5. The SMILES string of the molecule is CCc1ccc2c(c1)c1c3cccnc3oc(=O)c1n2Cc1cc(C(F)(F)F)ccc1F. The summed E-state index contributed by atoms with van der Waals surface area (Å²) in [6.45, 7) is 1.73. The molecule has 3 heterocycles. The average molecular weight is 440 g/mol. The van der Waals surface area contributed by atoms with Gasteiger partial charge in [-0.1, -0.05) is 13.0 Å². The molecule has 0 aliphatic carbocycles. The van der Waals surface area contributed by atoms with Crippen LogP contribution in [0.25, 0.3) is 32.9 Å². The molecule has 0 aliphatic heterocycles. The van der Waals surface area contributed by atoms with Crippen LogP contribution in [0.15, 0.2) is 63.9 Å². The third-order valence-electron chi connectivity index (χ3n) is 5.66. The highest BCUT2D eigenvalue weighted by Crippen LogP contribution is 2.35. The molecule has 3 aromatic heterocycles. The number of pyridine rings is 1. The second-order valence-corrected chi connectivity index (χ2v) is 7.56. The summed E-state index contributed by atoms with van der Waals surface area (Å²) in [7, 11) is 0. The summed E-state index contributed by atoms with van der Waals surface area (Å²) >= 11 is 0. The van der Waals surface area contributed by atoms with E-state index in [1.165, 1.54) is 10.8 Å². The summed E-state index contributed by atoms with van der Waals surface area (Å²) in [4.78, 5) is 17.1. The van der Waals surface area contributed by atoms with Crippen molar-refractivity contribution in [3.63, 3.8) is 0 Å². The summed E-state index contributed by atoms with van der Waals surface area (Å²) < 4.78 is 61.0. The molecule has 8 heteroatoms. The molecule has 0 amide bonds. The Morgan fingerprint density at radius 2 is 1.88 bits per heavy atom. The van der Waals surface area contributed by atoms with Crippen molar-refractivity contribution in [3.05, 3.63) is 87.7 Å². The quantitative estimate of drug-likeness (QED) is 0.320. The van der Waals surface area contributed by atoms with Gasteiger partial charge in [0.2, 0.25) is 5.71 Å². The molecule has 5 rings (SSSR count). The lowest BCUT2D eigenvalue weighted by atomic mass is 10.1. The van der Waals surface area contributed by atoms with E-state index in [1.807, 2.05) is 19.1 Å². The van der Waals surface area contributed by atoms with E-state index in [1.54, 1.807) is 18.2 Å². The first-order valence-corrected chi connectivity index (χ1v) is 9.96. The molecule has 2 aromatic carbocycles. The Balaban J connectivity index is 1.86. The molecule has 5 aromatic rings. The van der Waals surface area contributed by atoms with Gasteiger partial charge in [-0.3, -0.25) is 0 Å². The van der Waals surface area contributed by atoms with Gasteiger partial charge in [0.05, 0.1) is 12.1 Å². The largest absolute Gasteiger partial charge is 0.416 e. The van der Waals surface area contributed by atoms with E-state index in [0.717, 1.165) is 29.5 Å². The maximum atomic E-state index is 14.5. The van der Waals surface area contributed by atoms with Crippen LogP contribution in [0.4, 0.5) is 17.6 Å². The minimum Gasteiger partial charge on any atom is -0.402 e. The molecular weight excluding hydrogens is 424 g/mol. The number of halogens is 4. The maximum absolute atomic E-state index is 14.5. The highest BCUT2D eigenvalue weighted by molar-refractivity contribution is 6.18. The van der Waals surface area contributed by atoms with Gasteiger partial charge in [0.15, 0.2) is 0 Å². The first kappa shape index (κ1) is 20.2. The fourth-order valence-electron chi connectivity index (χ4n) is 4.11. The molecule has 0 bridgehead atoms. The summed E-state index contributed by atoms with van der Waals surface area (Å²) in [5, 5.41) is 1.92. The van der Waals surface area contributed by atoms with Crippen molar-refractivity contribution in [1.82, 2.24) is 9.55 Å². The fourth-order valence-corrected chi connectivity index (χ4v) is 4.11. The number of benzene rings is 2. The third-order valence-corrected chi connectivity index (χ3v) is 5.66. The van der Waals surface area contributed by atoms with Gasteiger partial charge >= 0.3 is 11.8 Å². The highest BCUT2D eigenvalue weighted by atomic mass is 19.4. The number of alkyl halides is 3. The molecule has 0 saturated carbocycles. The van der Waals surface area contributed by atoms with Gasteiger partial charge in [-0.05, 0) is 54.4 Å². The van der Waals surface area contributed by atoms with Crippen LogP contribution >= 0.6 is 0 Å². The number of rotatable bonds is 3. The van der Waals surface area contributed by atoms with Gasteiger partial charge in [0.25, 0.3) is 0 Å². The molecular formula is C24H16F4N2O2. The summed E-state index contributed by atoms with van der Waals surface area (Å²) in [5.74, 6) is -0.787. The molecule has 32 heavy (non-hydrogen) atoms. The van der Waals surface area contributed by atoms with Gasteiger partial charge in [0.1, 0.15) is 11.3 Å². The first-order chi connectivity index (χ1) is 15.3. The zero-order valence-corrected chi connectivity index (χ0v) is 16.8. The molecule has 0 unspecified atom stereocenters. The van der Waals surface area contributed by atoms with Crippen molar-refractivity contribution in [2.45, 2.75) is 26.1 Å². The summed E-state index contributed by atoms with van der Waals surface area (Å²) in [6.07, 6.45) is -2.35. The van der Waals surface area contributed by atoms with Crippen LogP contribution in [0.5, 0.6) is 0 Å². The van der Waals surface area contributed by atoms with Crippen molar-refractivity contribution in [3.8, 4) is 0 Å². The molecule has 0 N–H and O–H groups in total. The molecule has 0 saturated heterocycles. The number of aromatic nitrogens is 2. The Morgan fingerprint density at radius 3 is 2.62 bits per heavy atom. The second-order valence-electron chi connectivity index (χ2n) is 7.56. The minimum absolute atomic E-state index is 0.158. The van der Waals surface area contributed by atoms with Gasteiger partial charge in [-0.15, -0.1) is 0 Å². The lowest BCUT2D eigenvalue weighted by Gasteiger charge is -2.12. The predicted octanol–water partition coefficient (Wildman–Crippen LogP) is 6.06. The normalized spacial score (nSPS) is 12.3. The highest BCUT2D eigenvalue weighted by Gasteiger charge is 2.31. The van der Waals surface area contributed by atoms with Crippen molar-refractivity contribution in [1.29, 1.82) is 0 Å². The Hall–Kier alpha value is -3.68. The van der Waals surface area contributed by atoms with E-state index < -0.39 is 23.2 Å². The standard InChI is InChI=1S/C24H16F4N2O2/c1-2-13-5-8-19-17(10-13)20-16-4-3-9-29-22(16)32-23(31)21(20)30(19)12-14-11-15(24(26,27)28)6-7-18(14)25/h3-11H,2,12H2,1H3. The summed E-state index contributed by atoms with van der Waals surface area (Å²) in [6, 6.07) is 11.3. The monoisotopic (exact) mass is 440 g/mol. The van der Waals surface area contributed by atoms with Crippen LogP contribution in [-0.2, 0) is 19.1 Å². The molecule has 0 atom stereocenters. The molecule has 4 nitrogen and oxygen atoms in total. The van der Waals surface area contributed by atoms with E-state index >= 15 is 0 Å². The molecule has 0 radical (unpaired) electrons. The van der Waals surface area contributed by atoms with Gasteiger partial charge < -0.3 is 8.98 Å². The van der Waals surface area contributed by atoms with Gasteiger partial charge in [-0.25, -0.2) is 14.2 Å². The van der Waals surface area contributed by atoms with E-state index in [2.05, 4.69) is 4.98 Å². The second kappa shape index (κ2) is 7.19. The fraction of sp³-hybridized carbons (Fsp3) is 0.167. The molecule has 162 valence electrons. The van der Waals surface area contributed by atoms with Crippen LogP contribution in [0.3, 0.4) is 0 Å². The number of hydrogen-bond acceptors (Lipinski definition) is 3. The van der Waals surface area contributed by atoms with Crippen molar-refractivity contribution in [2.75, 3.05) is 0 Å². The zero-order chi connectivity index (χ0) is 22.6. The smallest absolute Gasteiger partial charge is 0.402 e. The number of hydrogen-bond donors (Lipinski definition) is 0. The van der Waals surface area contributed by atoms with E-state index in [9.17, 15) is 22.4 Å². The maximum Gasteiger partial charge on any atom is 0.416 e. The Kier molecular flexibility index (Phi) is 4.54. The van der Waals surface area contributed by atoms with Crippen LogP contribution in [0.1, 0.15) is 23.6 Å². The minimum atomic E-state index is -4.61. The Labute approximate surface area is 178 Å². The van der Waals surface area contributed by atoms with Crippen molar-refractivity contribution >= 4 is 32.9 Å². The van der Waals surface area contributed by atoms with Crippen LogP contribution in [0.2, 0.25) is 0 Å². The molecule has 0 spiro atoms.